The normalized spacial score (nSPS) is 24.3. The van der Waals surface area contributed by atoms with Crippen molar-refractivity contribution in [2.24, 2.45) is 5.92 Å². The van der Waals surface area contributed by atoms with Crippen molar-refractivity contribution in [2.45, 2.75) is 17.9 Å². The molecule has 11 heteroatoms. The summed E-state index contributed by atoms with van der Waals surface area (Å²) in [7, 11) is 0. The molecule has 29 heavy (non-hydrogen) atoms. The number of hydrogen-bond donors (Lipinski definition) is 4. The van der Waals surface area contributed by atoms with Crippen LogP contribution in [-0.2, 0) is 0 Å². The molecule has 1 fully saturated rings. The Labute approximate surface area is 161 Å². The minimum Gasteiger partial charge on any atom is -0.478 e. The molecule has 1 aromatic heterocycles. The lowest BCUT2D eigenvalue weighted by Crippen LogP contribution is -2.72. The number of pyridine rings is 1. The van der Waals surface area contributed by atoms with Crippen LogP contribution in [0.3, 0.4) is 0 Å². The number of carbonyl (C=O) groups excluding carboxylic acids is 2. The summed E-state index contributed by atoms with van der Waals surface area (Å²) in [5.41, 5.74) is -4.20. The molecule has 0 spiro atoms. The maximum Gasteiger partial charge on any atom is 0.437 e. The summed E-state index contributed by atoms with van der Waals surface area (Å²) in [6.07, 6.45) is -3.03. The molecule has 152 valence electrons. The third kappa shape index (κ3) is 3.63. The molecule has 0 aliphatic carbocycles. The van der Waals surface area contributed by atoms with Gasteiger partial charge in [-0.3, -0.25) is 9.78 Å². The number of benzene rings is 1. The fourth-order valence-electron chi connectivity index (χ4n) is 3.14. The number of nitrogens with zero attached hydrogens (tertiary/aromatic N) is 1. The zero-order valence-electron chi connectivity index (χ0n) is 14.5. The summed E-state index contributed by atoms with van der Waals surface area (Å²) >= 11 is 0. The zero-order chi connectivity index (χ0) is 21.4. The maximum absolute atomic E-state index is 13.7. The molecule has 1 saturated heterocycles. The lowest BCUT2D eigenvalue weighted by molar-refractivity contribution is -0.287. The van der Waals surface area contributed by atoms with Crippen LogP contribution >= 0.6 is 0 Å². The summed E-state index contributed by atoms with van der Waals surface area (Å²) in [4.78, 5) is 39.5. The first-order valence-corrected chi connectivity index (χ1v) is 8.20. The highest BCUT2D eigenvalue weighted by molar-refractivity contribution is 6.00. The van der Waals surface area contributed by atoms with Gasteiger partial charge in [-0.1, -0.05) is 12.1 Å². The number of hydrogen-bond acceptors (Lipinski definition) is 5. The highest BCUT2D eigenvalue weighted by Gasteiger charge is 2.66. The lowest BCUT2D eigenvalue weighted by atomic mass is 9.77. The number of carboxylic acid groups (broad SMARTS) is 1. The predicted molar refractivity (Wildman–Crippen MR) is 90.9 cm³/mol. The second-order valence-electron chi connectivity index (χ2n) is 6.35. The Bertz CT molecular complexity index is 949. The van der Waals surface area contributed by atoms with Crippen LogP contribution in [0.25, 0.3) is 0 Å². The van der Waals surface area contributed by atoms with Gasteiger partial charge in [-0.25, -0.2) is 9.59 Å². The van der Waals surface area contributed by atoms with E-state index in [9.17, 15) is 32.7 Å². The summed E-state index contributed by atoms with van der Waals surface area (Å²) < 4.78 is 41.2. The molecular weight excluding hydrogens is 395 g/mol. The number of Topliss-reactive ketones (excluding diaryl/α,β-unsaturated/α-hetero) is 1. The lowest BCUT2D eigenvalue weighted by Gasteiger charge is -2.45. The molecular formula is C18H14F3N3O5. The predicted octanol–water partition coefficient (Wildman–Crippen LogP) is 1.88. The number of ketones is 1. The van der Waals surface area contributed by atoms with E-state index >= 15 is 0 Å². The van der Waals surface area contributed by atoms with Crippen molar-refractivity contribution < 1.29 is 37.8 Å². The average Bonchev–Trinajstić information content (AvgIpc) is 2.67. The highest BCUT2D eigenvalue weighted by Crippen LogP contribution is 2.43. The third-order valence-corrected chi connectivity index (χ3v) is 4.55. The van der Waals surface area contributed by atoms with E-state index in [0.717, 1.165) is 18.3 Å². The molecule has 1 aliphatic rings. The number of aromatic nitrogens is 1. The van der Waals surface area contributed by atoms with Gasteiger partial charge in [0.2, 0.25) is 5.72 Å². The van der Waals surface area contributed by atoms with Crippen molar-refractivity contribution in [3.63, 3.8) is 0 Å². The molecule has 4 N–H and O–H groups in total. The van der Waals surface area contributed by atoms with Crippen molar-refractivity contribution in [1.29, 1.82) is 0 Å². The molecule has 3 atom stereocenters. The van der Waals surface area contributed by atoms with E-state index in [1.54, 1.807) is 0 Å². The van der Waals surface area contributed by atoms with E-state index in [1.165, 1.54) is 35.8 Å². The van der Waals surface area contributed by atoms with Gasteiger partial charge in [-0.15, -0.1) is 0 Å². The molecule has 0 radical (unpaired) electrons. The smallest absolute Gasteiger partial charge is 0.437 e. The Balaban J connectivity index is 2.14. The van der Waals surface area contributed by atoms with E-state index in [1.807, 2.05) is 0 Å². The number of amides is 2. The Morgan fingerprint density at radius 2 is 1.76 bits per heavy atom. The second kappa shape index (κ2) is 7.17. The Hall–Kier alpha value is -3.47. The summed E-state index contributed by atoms with van der Waals surface area (Å²) in [6, 6.07) is 4.20. The van der Waals surface area contributed by atoms with Gasteiger partial charge in [0, 0.05) is 18.0 Å². The summed E-state index contributed by atoms with van der Waals surface area (Å²) in [5, 5.41) is 23.0. The Morgan fingerprint density at radius 1 is 1.10 bits per heavy atom. The number of carbonyl (C=O) groups is 3. The molecule has 8 nitrogen and oxygen atoms in total. The van der Waals surface area contributed by atoms with Crippen LogP contribution in [0, 0.1) is 5.92 Å². The van der Waals surface area contributed by atoms with Crippen LogP contribution in [0.1, 0.15) is 32.3 Å². The van der Waals surface area contributed by atoms with Gasteiger partial charge < -0.3 is 20.8 Å². The SMILES string of the molecule is O=C1N[C@H](c2ccc(C(=O)O)cc2)[C@H](C(=O)c2cccnc2)[C@@](O)(C(F)(F)F)N1. The fraction of sp³-hybridized carbons (Fsp3) is 0.222. The minimum absolute atomic E-state index is 0.00904. The molecule has 2 aromatic rings. The molecule has 3 rings (SSSR count). The van der Waals surface area contributed by atoms with E-state index in [-0.39, 0.29) is 16.7 Å². The number of halogens is 3. The molecule has 1 aliphatic heterocycles. The van der Waals surface area contributed by atoms with E-state index in [4.69, 9.17) is 5.11 Å². The van der Waals surface area contributed by atoms with E-state index in [2.05, 4.69) is 10.3 Å². The van der Waals surface area contributed by atoms with Crippen LogP contribution in [0.5, 0.6) is 0 Å². The fourth-order valence-corrected chi connectivity index (χ4v) is 3.14. The van der Waals surface area contributed by atoms with Crippen LogP contribution in [0.2, 0.25) is 0 Å². The summed E-state index contributed by atoms with van der Waals surface area (Å²) in [6.45, 7) is 0. The Morgan fingerprint density at radius 3 is 2.28 bits per heavy atom. The van der Waals surface area contributed by atoms with Gasteiger partial charge in [0.25, 0.3) is 0 Å². The Kier molecular flexibility index (Phi) is 5.01. The number of alkyl halides is 3. The number of nitrogens with one attached hydrogen (secondary N) is 2. The van der Waals surface area contributed by atoms with Crippen molar-refractivity contribution in [1.82, 2.24) is 15.6 Å². The van der Waals surface area contributed by atoms with Gasteiger partial charge in [0.1, 0.15) is 5.92 Å². The second-order valence-corrected chi connectivity index (χ2v) is 6.35. The van der Waals surface area contributed by atoms with Gasteiger partial charge >= 0.3 is 18.2 Å². The minimum atomic E-state index is -5.38. The molecule has 0 unspecified atom stereocenters. The average molecular weight is 409 g/mol. The first-order chi connectivity index (χ1) is 13.5. The number of aromatic carboxylic acids is 1. The monoisotopic (exact) mass is 409 g/mol. The van der Waals surface area contributed by atoms with Crippen molar-refractivity contribution in [2.75, 3.05) is 0 Å². The number of rotatable bonds is 4. The highest BCUT2D eigenvalue weighted by atomic mass is 19.4. The molecule has 1 aromatic carbocycles. The summed E-state index contributed by atoms with van der Waals surface area (Å²) in [5.74, 6) is -4.58. The van der Waals surface area contributed by atoms with Crippen molar-refractivity contribution in [3.05, 3.63) is 65.5 Å². The quantitative estimate of drug-likeness (QED) is 0.571. The van der Waals surface area contributed by atoms with Crippen LogP contribution in [0.4, 0.5) is 18.0 Å². The number of urea groups is 1. The number of carboxylic acids is 1. The number of aliphatic hydroxyl groups is 1. The maximum atomic E-state index is 13.7. The van der Waals surface area contributed by atoms with Crippen LogP contribution < -0.4 is 10.6 Å². The molecule has 0 saturated carbocycles. The van der Waals surface area contributed by atoms with Gasteiger partial charge in [0.05, 0.1) is 11.6 Å². The van der Waals surface area contributed by atoms with Crippen LogP contribution in [0.15, 0.2) is 48.8 Å². The third-order valence-electron chi connectivity index (χ3n) is 4.55. The first-order valence-electron chi connectivity index (χ1n) is 8.20. The first kappa shape index (κ1) is 20.3. The van der Waals surface area contributed by atoms with Gasteiger partial charge in [-0.2, -0.15) is 13.2 Å². The molecule has 2 heterocycles. The largest absolute Gasteiger partial charge is 0.478 e. The topological polar surface area (TPSA) is 129 Å². The van der Waals surface area contributed by atoms with Crippen molar-refractivity contribution in [3.8, 4) is 0 Å². The van der Waals surface area contributed by atoms with Gasteiger partial charge in [-0.05, 0) is 29.8 Å². The zero-order valence-corrected chi connectivity index (χ0v) is 14.5. The van der Waals surface area contributed by atoms with Crippen molar-refractivity contribution >= 4 is 17.8 Å². The van der Waals surface area contributed by atoms with E-state index < -0.39 is 41.6 Å². The van der Waals surface area contributed by atoms with Crippen LogP contribution in [-0.4, -0.2) is 44.9 Å². The van der Waals surface area contributed by atoms with E-state index in [0.29, 0.717) is 0 Å². The standard InChI is InChI=1S/C18H14F3N3O5/c19-18(20,21)17(29)12(14(25)11-2-1-7-22-8-11)13(23-16(28)24-17)9-3-5-10(6-4-9)15(26)27/h1-8,12-13,29H,(H,26,27)(H2,23,24,28)/t12-,13-,17-/m1/s1. The van der Waals surface area contributed by atoms with Gasteiger partial charge in [0.15, 0.2) is 5.78 Å². The molecule has 2 amide bonds. The molecule has 0 bridgehead atoms.